The Morgan fingerprint density at radius 1 is 0.192 bits per heavy atom. The molecule has 0 aliphatic carbocycles. The normalized spacial score (nSPS) is 12.6. The van der Waals surface area contributed by atoms with Crippen LogP contribution in [0.3, 0.4) is 0 Å². The molecule has 0 saturated heterocycles. The average Bonchev–Trinajstić information content (AvgIpc) is 1.56. The highest BCUT2D eigenvalue weighted by Crippen LogP contribution is 2.49. The molecule has 99 heavy (non-hydrogen) atoms. The number of hydrogen-bond acceptors (Lipinski definition) is 2. The standard InChI is InChI=1S/C94H65N5/c1-7-29-66(30-8-1)68-53-57-74(58-54-68)95(76-41-27-43-78(61-76)98-91(70-33-11-3-12-34-70)85-47-19-20-48-86(85)92(98)71-35-13-4-14-36-71)80-63-81(65-82(64-80)97-89-51-25-23-45-83(89)84-46-24-26-52-90(84)97)96(75-59-55-69(56-60-75)67-31-9-2-10-32-67)77-42-28-44-79(62-77)99-93(72-37-15-5-16-38-72)87-49-21-22-50-88(87)94(99)73-39-17-6-18-40-73/h1-65H/i23D,24D,25D,26D,45D,46D,51D,52D. The maximum Gasteiger partial charge on any atom is 0.0645 e. The third kappa shape index (κ3) is 10.5. The molecule has 18 aromatic rings. The molecular weight excluding hydrogens is 1200 g/mol. The molecule has 18 rings (SSSR count). The average molecular weight is 1270 g/mol. The molecule has 0 N–H and O–H groups in total. The monoisotopic (exact) mass is 1270 g/mol. The Morgan fingerprint density at radius 3 is 0.808 bits per heavy atom. The van der Waals surface area contributed by atoms with Gasteiger partial charge in [-0.1, -0.05) is 303 Å². The topological polar surface area (TPSA) is 21.3 Å². The summed E-state index contributed by atoms with van der Waals surface area (Å²) in [4.78, 5) is 4.41. The molecule has 0 amide bonds. The van der Waals surface area contributed by atoms with Crippen LogP contribution in [0.4, 0.5) is 34.1 Å². The Kier molecular flexibility index (Phi) is 12.8. The summed E-state index contributed by atoms with van der Waals surface area (Å²) in [6.45, 7) is 0. The van der Waals surface area contributed by atoms with Crippen LogP contribution in [0, 0.1) is 0 Å². The molecule has 5 nitrogen and oxygen atoms in total. The predicted molar refractivity (Wildman–Crippen MR) is 416 cm³/mol. The van der Waals surface area contributed by atoms with E-state index in [1.165, 1.54) is 0 Å². The molecule has 0 saturated carbocycles. The van der Waals surface area contributed by atoms with E-state index in [2.05, 4.69) is 292 Å². The molecule has 3 aromatic heterocycles. The van der Waals surface area contributed by atoms with Crippen molar-refractivity contribution < 1.29 is 11.0 Å². The first-order valence-corrected chi connectivity index (χ1v) is 33.2. The molecule has 0 aliphatic heterocycles. The van der Waals surface area contributed by atoms with Gasteiger partial charge in [0.1, 0.15) is 0 Å². The molecular formula is C94H65N5. The summed E-state index contributed by atoms with van der Waals surface area (Å²) in [6, 6.07) is 116. The first kappa shape index (κ1) is 50.2. The van der Waals surface area contributed by atoms with Crippen LogP contribution < -0.4 is 9.80 Å². The number of aromatic nitrogens is 3. The van der Waals surface area contributed by atoms with Gasteiger partial charge in [-0.25, -0.2) is 0 Å². The van der Waals surface area contributed by atoms with Gasteiger partial charge in [-0.05, 0) is 135 Å². The lowest BCUT2D eigenvalue weighted by atomic mass is 10.0. The van der Waals surface area contributed by atoms with Gasteiger partial charge in [0.25, 0.3) is 0 Å². The number of nitrogens with zero attached hydrogens (tertiary/aromatic N) is 5. The van der Waals surface area contributed by atoms with E-state index in [9.17, 15) is 8.22 Å². The Labute approximate surface area is 587 Å². The van der Waals surface area contributed by atoms with E-state index >= 15 is 0 Å². The molecule has 0 aliphatic rings. The largest absolute Gasteiger partial charge is 0.310 e. The van der Waals surface area contributed by atoms with Gasteiger partial charge in [0, 0.05) is 66.4 Å². The first-order valence-electron chi connectivity index (χ1n) is 37.2. The van der Waals surface area contributed by atoms with E-state index < -0.39 is 48.3 Å². The lowest BCUT2D eigenvalue weighted by Crippen LogP contribution is -2.15. The van der Waals surface area contributed by atoms with Gasteiger partial charge in [0.15, 0.2) is 0 Å². The van der Waals surface area contributed by atoms with E-state index in [4.69, 9.17) is 2.74 Å². The van der Waals surface area contributed by atoms with Crippen molar-refractivity contribution in [1.29, 1.82) is 0 Å². The SMILES string of the molecule is [2H]c1c([2H])c([2H])c2c(c1[2H])c1c([2H])c([2H])c([2H])c([2H])c1n2-c1cc(N(c2ccc(-c3ccccc3)cc2)c2cccc(-n3c(-c4ccccc4)c4ccccc4c3-c3ccccc3)c2)cc(N(c2ccc(-c3ccccc3)cc2)c2cccc(-n3c(-c4ccccc4)c4ccccc4c3-c3ccccc3)c2)c1. The van der Waals surface area contributed by atoms with E-state index in [0.717, 1.165) is 123 Å². The van der Waals surface area contributed by atoms with Gasteiger partial charge >= 0.3 is 0 Å². The third-order valence-electron chi connectivity index (χ3n) is 18.8. The highest BCUT2D eigenvalue weighted by molar-refractivity contribution is 6.11. The third-order valence-corrected chi connectivity index (χ3v) is 18.8. The molecule has 466 valence electrons. The minimum atomic E-state index is -0.527. The van der Waals surface area contributed by atoms with Crippen molar-refractivity contribution in [3.05, 3.63) is 394 Å². The van der Waals surface area contributed by atoms with Crippen molar-refractivity contribution >= 4 is 77.5 Å². The van der Waals surface area contributed by atoms with Crippen molar-refractivity contribution in [2.24, 2.45) is 0 Å². The van der Waals surface area contributed by atoms with Crippen LogP contribution in [0.15, 0.2) is 394 Å². The van der Waals surface area contributed by atoms with Gasteiger partial charge in [0.05, 0.1) is 61.8 Å². The van der Waals surface area contributed by atoms with E-state index in [0.29, 0.717) is 17.1 Å². The van der Waals surface area contributed by atoms with Crippen LogP contribution in [-0.4, -0.2) is 13.7 Å². The van der Waals surface area contributed by atoms with Crippen molar-refractivity contribution in [2.75, 3.05) is 9.80 Å². The summed E-state index contributed by atoms with van der Waals surface area (Å²) in [6.07, 6.45) is 0. The van der Waals surface area contributed by atoms with Crippen molar-refractivity contribution in [1.82, 2.24) is 13.7 Å². The number of rotatable bonds is 15. The molecule has 0 radical (unpaired) electrons. The number of benzene rings is 15. The van der Waals surface area contributed by atoms with Crippen LogP contribution in [-0.2, 0) is 0 Å². The van der Waals surface area contributed by atoms with Gasteiger partial charge in [0.2, 0.25) is 0 Å². The molecule has 15 aromatic carbocycles. The van der Waals surface area contributed by atoms with E-state index in [-0.39, 0.29) is 21.8 Å². The van der Waals surface area contributed by atoms with E-state index in [1.807, 2.05) is 72.8 Å². The van der Waals surface area contributed by atoms with E-state index in [1.54, 1.807) is 4.57 Å². The Hall–Kier alpha value is -13.2. The highest BCUT2D eigenvalue weighted by Gasteiger charge is 2.27. The maximum atomic E-state index is 9.95. The molecule has 5 heteroatoms. The van der Waals surface area contributed by atoms with Crippen LogP contribution in [0.25, 0.3) is 128 Å². The fourth-order valence-electron chi connectivity index (χ4n) is 14.5. The van der Waals surface area contributed by atoms with Gasteiger partial charge in [-0.2, -0.15) is 0 Å². The second-order valence-corrected chi connectivity index (χ2v) is 24.6. The summed E-state index contributed by atoms with van der Waals surface area (Å²) < 4.78 is 82.6. The number of para-hydroxylation sites is 2. The van der Waals surface area contributed by atoms with Gasteiger partial charge in [-0.15, -0.1) is 0 Å². The molecule has 0 atom stereocenters. The lowest BCUT2D eigenvalue weighted by Gasteiger charge is -2.31. The first-order chi connectivity index (χ1) is 52.5. The van der Waals surface area contributed by atoms with Crippen LogP contribution in [0.5, 0.6) is 0 Å². The summed E-state index contributed by atoms with van der Waals surface area (Å²) in [5, 5.41) is 4.25. The zero-order valence-electron chi connectivity index (χ0n) is 61.6. The predicted octanol–water partition coefficient (Wildman–Crippen LogP) is 25.6. The summed E-state index contributed by atoms with van der Waals surface area (Å²) in [5.41, 5.74) is 18.5. The maximum absolute atomic E-state index is 9.95. The molecule has 0 unspecified atom stereocenters. The van der Waals surface area contributed by atoms with Crippen LogP contribution in [0.2, 0.25) is 0 Å². The number of anilines is 6. The highest BCUT2D eigenvalue weighted by atomic mass is 15.2. The van der Waals surface area contributed by atoms with Crippen LogP contribution in [0.1, 0.15) is 11.0 Å². The van der Waals surface area contributed by atoms with Crippen molar-refractivity contribution in [2.45, 2.75) is 0 Å². The lowest BCUT2D eigenvalue weighted by molar-refractivity contribution is 1.09. The second kappa shape index (κ2) is 25.2. The van der Waals surface area contributed by atoms with Crippen LogP contribution >= 0.6 is 0 Å². The molecule has 0 spiro atoms. The molecule has 3 heterocycles. The smallest absolute Gasteiger partial charge is 0.0645 e. The second-order valence-electron chi connectivity index (χ2n) is 24.6. The Balaban J connectivity index is 0.962. The number of hydrogen-bond donors (Lipinski definition) is 0. The summed E-state index contributed by atoms with van der Waals surface area (Å²) in [7, 11) is 0. The fraction of sp³-hybridized carbons (Fsp3) is 0. The summed E-state index contributed by atoms with van der Waals surface area (Å²) in [5.74, 6) is 0. The van der Waals surface area contributed by atoms with Gasteiger partial charge < -0.3 is 23.5 Å². The minimum absolute atomic E-state index is 0.00858. The number of fused-ring (bicyclic) bond motifs is 5. The molecule has 0 fully saturated rings. The van der Waals surface area contributed by atoms with Crippen molar-refractivity contribution in [3.63, 3.8) is 0 Å². The zero-order chi connectivity index (χ0) is 72.6. The zero-order valence-corrected chi connectivity index (χ0v) is 53.6. The summed E-state index contributed by atoms with van der Waals surface area (Å²) >= 11 is 0. The van der Waals surface area contributed by atoms with Crippen molar-refractivity contribution in [3.8, 4) is 84.3 Å². The minimum Gasteiger partial charge on any atom is -0.310 e. The Bertz CT molecular complexity index is 5910. The van der Waals surface area contributed by atoms with Gasteiger partial charge in [-0.3, -0.25) is 0 Å². The fourth-order valence-corrected chi connectivity index (χ4v) is 14.5. The molecule has 0 bridgehead atoms. The quantitative estimate of drug-likeness (QED) is 0.102. The Morgan fingerprint density at radius 2 is 0.475 bits per heavy atom.